The van der Waals surface area contributed by atoms with Crippen LogP contribution in [0.4, 0.5) is 24.5 Å². The molecule has 29 heavy (non-hydrogen) atoms. The van der Waals surface area contributed by atoms with Crippen LogP contribution in [0.15, 0.2) is 24.3 Å². The van der Waals surface area contributed by atoms with Gasteiger partial charge in [0.15, 0.2) is 5.75 Å². The number of nitro groups is 2. The molecule has 2 aromatic carbocycles. The summed E-state index contributed by atoms with van der Waals surface area (Å²) in [7, 11) is 1.13. The van der Waals surface area contributed by atoms with Crippen LogP contribution in [-0.2, 0) is 0 Å². The van der Waals surface area contributed by atoms with Gasteiger partial charge in [-0.05, 0) is 6.07 Å². The number of nitro benzene ring substituents is 2. The fourth-order valence-electron chi connectivity index (χ4n) is 1.85. The Morgan fingerprint density at radius 2 is 1.24 bits per heavy atom. The Hall–Kier alpha value is -4.23. The zero-order chi connectivity index (χ0) is 22.5. The molecular weight excluding hydrogens is 409 g/mol. The highest BCUT2D eigenvalue weighted by atomic mass is 19.1. The molecule has 11 nitrogen and oxygen atoms in total. The SMILES string of the molecule is COc1cc(C(=O)O)c(F)cc1[N+](=O)[O-].O=C(O)c1cc(F)c([N+](=O)[O-])cc1F. The predicted molar refractivity (Wildman–Crippen MR) is 86.5 cm³/mol. The number of nitrogens with zero attached hydrogens (tertiary/aromatic N) is 2. The van der Waals surface area contributed by atoms with Crippen molar-refractivity contribution in [1.82, 2.24) is 0 Å². The fourth-order valence-corrected chi connectivity index (χ4v) is 1.85. The Morgan fingerprint density at radius 3 is 1.62 bits per heavy atom. The average molecular weight is 418 g/mol. The van der Waals surface area contributed by atoms with E-state index in [0.29, 0.717) is 6.07 Å². The number of hydrogen-bond donors (Lipinski definition) is 2. The van der Waals surface area contributed by atoms with Crippen LogP contribution < -0.4 is 4.74 Å². The predicted octanol–water partition coefficient (Wildman–Crippen LogP) is 3.01. The third kappa shape index (κ3) is 5.38. The quantitative estimate of drug-likeness (QED) is 0.547. The van der Waals surface area contributed by atoms with Crippen molar-refractivity contribution < 1.29 is 47.6 Å². The number of aromatic carboxylic acids is 2. The summed E-state index contributed by atoms with van der Waals surface area (Å²) >= 11 is 0. The zero-order valence-corrected chi connectivity index (χ0v) is 14.1. The van der Waals surface area contributed by atoms with Crippen LogP contribution in [0, 0.1) is 37.7 Å². The van der Waals surface area contributed by atoms with E-state index in [2.05, 4.69) is 4.74 Å². The van der Waals surface area contributed by atoms with Crippen LogP contribution in [0.1, 0.15) is 20.7 Å². The van der Waals surface area contributed by atoms with E-state index in [1.807, 2.05) is 0 Å². The molecule has 0 bridgehead atoms. The van der Waals surface area contributed by atoms with Gasteiger partial charge in [-0.15, -0.1) is 0 Å². The van der Waals surface area contributed by atoms with Gasteiger partial charge in [0.1, 0.15) is 11.6 Å². The van der Waals surface area contributed by atoms with E-state index in [-0.39, 0.29) is 17.9 Å². The first-order chi connectivity index (χ1) is 13.4. The van der Waals surface area contributed by atoms with Gasteiger partial charge in [-0.3, -0.25) is 20.2 Å². The molecule has 0 aromatic heterocycles. The first kappa shape index (κ1) is 22.8. The Balaban J connectivity index is 0.000000291. The van der Waals surface area contributed by atoms with Crippen molar-refractivity contribution in [2.75, 3.05) is 7.11 Å². The van der Waals surface area contributed by atoms with Crippen molar-refractivity contribution in [1.29, 1.82) is 0 Å². The number of ether oxygens (including phenoxy) is 1. The highest BCUT2D eigenvalue weighted by Crippen LogP contribution is 2.29. The maximum absolute atomic E-state index is 13.0. The number of carboxylic acids is 2. The molecule has 0 amide bonds. The van der Waals surface area contributed by atoms with Crippen LogP contribution in [0.25, 0.3) is 0 Å². The molecule has 0 aliphatic rings. The maximum atomic E-state index is 13.0. The molecule has 2 aromatic rings. The lowest BCUT2D eigenvalue weighted by atomic mass is 10.2. The van der Waals surface area contributed by atoms with Gasteiger partial charge < -0.3 is 14.9 Å². The van der Waals surface area contributed by atoms with E-state index in [1.165, 1.54) is 0 Å². The Bertz CT molecular complexity index is 971. The molecular formula is C15H9F3N2O9. The molecule has 0 radical (unpaired) electrons. The largest absolute Gasteiger partial charge is 0.490 e. The molecule has 14 heteroatoms. The number of halogens is 3. The molecule has 0 saturated carbocycles. The standard InChI is InChI=1S/C8H6FNO5.C7H3F2NO4/c1-15-7-2-4(8(11)12)5(9)3-6(7)10(13)14;8-4-2-6(10(13)14)5(9)1-3(4)7(11)12/h2-3H,1H3,(H,11,12);1-2H,(H,11,12). The second-order valence-electron chi connectivity index (χ2n) is 4.91. The van der Waals surface area contributed by atoms with E-state index in [9.17, 15) is 43.0 Å². The first-order valence-corrected chi connectivity index (χ1v) is 7.02. The lowest BCUT2D eigenvalue weighted by molar-refractivity contribution is -0.387. The number of rotatable bonds is 5. The molecule has 0 unspecified atom stereocenters. The fraction of sp³-hybridized carbons (Fsp3) is 0.0667. The Morgan fingerprint density at radius 1 is 0.828 bits per heavy atom. The van der Waals surface area contributed by atoms with E-state index < -0.39 is 61.7 Å². The molecule has 0 fully saturated rings. The maximum Gasteiger partial charge on any atom is 0.338 e. The van der Waals surface area contributed by atoms with Gasteiger partial charge in [-0.25, -0.2) is 18.4 Å². The number of methoxy groups -OCH3 is 1. The van der Waals surface area contributed by atoms with Gasteiger partial charge in [-0.1, -0.05) is 0 Å². The van der Waals surface area contributed by atoms with Gasteiger partial charge in [0.25, 0.3) is 0 Å². The number of carboxylic acid groups (broad SMARTS) is 2. The van der Waals surface area contributed by atoms with Crippen molar-refractivity contribution in [3.63, 3.8) is 0 Å². The van der Waals surface area contributed by atoms with Crippen LogP contribution in [-0.4, -0.2) is 39.1 Å². The molecule has 0 spiro atoms. The van der Waals surface area contributed by atoms with E-state index in [1.54, 1.807) is 0 Å². The lowest BCUT2D eigenvalue weighted by Crippen LogP contribution is -2.03. The average Bonchev–Trinajstić information content (AvgIpc) is 2.62. The molecule has 0 atom stereocenters. The molecule has 0 aliphatic carbocycles. The van der Waals surface area contributed by atoms with Gasteiger partial charge >= 0.3 is 23.3 Å². The summed E-state index contributed by atoms with van der Waals surface area (Å²) in [5.74, 6) is -7.38. The van der Waals surface area contributed by atoms with Gasteiger partial charge in [0, 0.05) is 6.07 Å². The topological polar surface area (TPSA) is 170 Å². The van der Waals surface area contributed by atoms with Crippen LogP contribution >= 0.6 is 0 Å². The van der Waals surface area contributed by atoms with Crippen molar-refractivity contribution in [3.8, 4) is 5.75 Å². The smallest absolute Gasteiger partial charge is 0.338 e. The molecule has 154 valence electrons. The lowest BCUT2D eigenvalue weighted by Gasteiger charge is -2.03. The minimum atomic E-state index is -1.68. The Kier molecular flexibility index (Phi) is 7.17. The third-order valence-electron chi connectivity index (χ3n) is 3.16. The van der Waals surface area contributed by atoms with Crippen molar-refractivity contribution >= 4 is 23.3 Å². The number of carbonyl (C=O) groups is 2. The summed E-state index contributed by atoms with van der Waals surface area (Å²) in [6.07, 6.45) is 0. The van der Waals surface area contributed by atoms with Crippen LogP contribution in [0.5, 0.6) is 5.75 Å². The van der Waals surface area contributed by atoms with E-state index in [0.717, 1.165) is 13.2 Å². The monoisotopic (exact) mass is 418 g/mol. The second-order valence-corrected chi connectivity index (χ2v) is 4.91. The first-order valence-electron chi connectivity index (χ1n) is 7.02. The van der Waals surface area contributed by atoms with Crippen LogP contribution in [0.3, 0.4) is 0 Å². The summed E-state index contributed by atoms with van der Waals surface area (Å²) in [5.41, 5.74) is -3.31. The van der Waals surface area contributed by atoms with E-state index >= 15 is 0 Å². The third-order valence-corrected chi connectivity index (χ3v) is 3.16. The molecule has 2 N–H and O–H groups in total. The van der Waals surface area contributed by atoms with Crippen molar-refractivity contribution in [2.24, 2.45) is 0 Å². The van der Waals surface area contributed by atoms with Gasteiger partial charge in [0.05, 0.1) is 40.2 Å². The van der Waals surface area contributed by atoms with Crippen LogP contribution in [0.2, 0.25) is 0 Å². The minimum absolute atomic E-state index is 0.235. The summed E-state index contributed by atoms with van der Waals surface area (Å²) in [5, 5.41) is 37.4. The molecule has 2 rings (SSSR count). The molecule has 0 heterocycles. The summed E-state index contributed by atoms with van der Waals surface area (Å²) < 4.78 is 43.2. The molecule has 0 aliphatic heterocycles. The molecule has 0 saturated heterocycles. The number of hydrogen-bond acceptors (Lipinski definition) is 7. The van der Waals surface area contributed by atoms with Gasteiger partial charge in [-0.2, -0.15) is 4.39 Å². The summed E-state index contributed by atoms with van der Waals surface area (Å²) in [4.78, 5) is 39.3. The zero-order valence-electron chi connectivity index (χ0n) is 14.1. The normalized spacial score (nSPS) is 9.79. The van der Waals surface area contributed by atoms with E-state index in [4.69, 9.17) is 10.2 Å². The number of benzene rings is 2. The summed E-state index contributed by atoms with van der Waals surface area (Å²) in [6.45, 7) is 0. The highest BCUT2D eigenvalue weighted by molar-refractivity contribution is 5.89. The summed E-state index contributed by atoms with van der Waals surface area (Å²) in [6, 6.07) is 1.80. The van der Waals surface area contributed by atoms with Gasteiger partial charge in [0.2, 0.25) is 5.82 Å². The van der Waals surface area contributed by atoms with Crippen molar-refractivity contribution in [3.05, 3.63) is 73.1 Å². The second kappa shape index (κ2) is 9.12. The van der Waals surface area contributed by atoms with Crippen molar-refractivity contribution in [2.45, 2.75) is 0 Å². The highest BCUT2D eigenvalue weighted by Gasteiger charge is 2.22. The minimum Gasteiger partial charge on any atom is -0.490 e. The Labute approximate surface area is 157 Å².